The maximum Gasteiger partial charge on any atom is 0.241 e. The first kappa shape index (κ1) is 14.0. The van der Waals surface area contributed by atoms with Gasteiger partial charge in [0.15, 0.2) is 0 Å². The van der Waals surface area contributed by atoms with E-state index in [0.29, 0.717) is 11.8 Å². The van der Waals surface area contributed by atoms with Gasteiger partial charge in [-0.15, -0.1) is 0 Å². The summed E-state index contributed by atoms with van der Waals surface area (Å²) in [7, 11) is 0. The van der Waals surface area contributed by atoms with Crippen molar-refractivity contribution in [3.05, 3.63) is 24.3 Å². The van der Waals surface area contributed by atoms with E-state index in [2.05, 4.69) is 29.2 Å². The Bertz CT molecular complexity index is 624. The van der Waals surface area contributed by atoms with Crippen molar-refractivity contribution in [1.29, 1.82) is 0 Å². The number of nitrogens with one attached hydrogen (secondary N) is 1. The molecule has 1 aliphatic rings. The first-order valence-electron chi connectivity index (χ1n) is 7.21. The molecule has 0 spiro atoms. The summed E-state index contributed by atoms with van der Waals surface area (Å²) in [4.78, 5) is 8.68. The second kappa shape index (κ2) is 5.83. The van der Waals surface area contributed by atoms with E-state index in [4.69, 9.17) is 15.3 Å². The Balaban J connectivity index is 1.92. The van der Waals surface area contributed by atoms with Gasteiger partial charge in [-0.3, -0.25) is 5.43 Å². The maximum atomic E-state index is 6.13. The average molecular weight is 288 g/mol. The Morgan fingerprint density at radius 3 is 2.62 bits per heavy atom. The number of aromatic nitrogens is 2. The van der Waals surface area contributed by atoms with Crippen LogP contribution in [0.1, 0.15) is 26.7 Å². The lowest BCUT2D eigenvalue weighted by Crippen LogP contribution is -2.36. The van der Waals surface area contributed by atoms with E-state index in [1.165, 1.54) is 0 Å². The molecule has 0 bridgehead atoms. The number of anilines is 1. The maximum absolute atomic E-state index is 6.13. The largest absolute Gasteiger partial charge is 0.474 e. The third-order valence-electron chi connectivity index (χ3n) is 3.63. The Kier molecular flexibility index (Phi) is 3.90. The number of ether oxygens (including phenoxy) is 2. The van der Waals surface area contributed by atoms with E-state index in [0.717, 1.165) is 23.7 Å². The van der Waals surface area contributed by atoms with Crippen LogP contribution in [-0.2, 0) is 4.74 Å². The van der Waals surface area contributed by atoms with E-state index < -0.39 is 0 Å². The van der Waals surface area contributed by atoms with Gasteiger partial charge in [-0.25, -0.2) is 10.8 Å². The first-order valence-corrected chi connectivity index (χ1v) is 7.21. The highest BCUT2D eigenvalue weighted by molar-refractivity contribution is 5.84. The van der Waals surface area contributed by atoms with E-state index in [1.54, 1.807) is 0 Å². The lowest BCUT2D eigenvalue weighted by molar-refractivity contribution is -0.0726. The van der Waals surface area contributed by atoms with Crippen molar-refractivity contribution < 1.29 is 9.47 Å². The SMILES string of the molecule is CC1CC(Oc2nc(NN)nc3ccccc23)CC(C)O1. The van der Waals surface area contributed by atoms with Gasteiger partial charge in [0.25, 0.3) is 0 Å². The zero-order valence-corrected chi connectivity index (χ0v) is 12.2. The first-order chi connectivity index (χ1) is 10.2. The summed E-state index contributed by atoms with van der Waals surface area (Å²) in [6.07, 6.45) is 2.19. The summed E-state index contributed by atoms with van der Waals surface area (Å²) >= 11 is 0. The zero-order valence-electron chi connectivity index (χ0n) is 12.2. The van der Waals surface area contributed by atoms with Crippen molar-refractivity contribution >= 4 is 16.9 Å². The summed E-state index contributed by atoms with van der Waals surface area (Å²) in [5.74, 6) is 6.36. The Morgan fingerprint density at radius 2 is 1.90 bits per heavy atom. The highest BCUT2D eigenvalue weighted by atomic mass is 16.5. The lowest BCUT2D eigenvalue weighted by Gasteiger charge is -2.32. The van der Waals surface area contributed by atoms with Crippen LogP contribution in [-0.4, -0.2) is 28.3 Å². The predicted octanol–water partition coefficient (Wildman–Crippen LogP) is 2.25. The molecule has 1 fully saturated rings. The Morgan fingerprint density at radius 1 is 1.19 bits per heavy atom. The summed E-state index contributed by atoms with van der Waals surface area (Å²) < 4.78 is 11.9. The van der Waals surface area contributed by atoms with Crippen molar-refractivity contribution in [3.63, 3.8) is 0 Å². The van der Waals surface area contributed by atoms with E-state index >= 15 is 0 Å². The minimum atomic E-state index is 0.0904. The fraction of sp³-hybridized carbons (Fsp3) is 0.467. The molecule has 6 nitrogen and oxygen atoms in total. The molecule has 112 valence electrons. The molecular weight excluding hydrogens is 268 g/mol. The average Bonchev–Trinajstić information content (AvgIpc) is 2.46. The normalized spacial score (nSPS) is 25.8. The van der Waals surface area contributed by atoms with Crippen LogP contribution in [0, 0.1) is 0 Å². The quantitative estimate of drug-likeness (QED) is 0.666. The fourth-order valence-corrected chi connectivity index (χ4v) is 2.80. The van der Waals surface area contributed by atoms with Crippen LogP contribution < -0.4 is 16.0 Å². The smallest absolute Gasteiger partial charge is 0.241 e. The Labute approximate surface area is 123 Å². The van der Waals surface area contributed by atoms with Gasteiger partial charge in [0.1, 0.15) is 6.10 Å². The van der Waals surface area contributed by atoms with Crippen LogP contribution in [0.15, 0.2) is 24.3 Å². The highest BCUT2D eigenvalue weighted by Crippen LogP contribution is 2.28. The number of para-hydroxylation sites is 1. The third-order valence-corrected chi connectivity index (χ3v) is 3.63. The molecule has 1 aromatic carbocycles. The van der Waals surface area contributed by atoms with Crippen LogP contribution in [0.4, 0.5) is 5.95 Å². The molecule has 1 saturated heterocycles. The molecule has 2 aromatic rings. The standard InChI is InChI=1S/C15H20N4O2/c1-9-7-11(8-10(2)20-9)21-14-12-5-3-4-6-13(12)17-15(18-14)19-16/h3-6,9-11H,7-8,16H2,1-2H3,(H,17,18,19). The molecule has 2 heterocycles. The van der Waals surface area contributed by atoms with Crippen LogP contribution in [0.2, 0.25) is 0 Å². The number of hydrogen-bond donors (Lipinski definition) is 2. The van der Waals surface area contributed by atoms with E-state index in [9.17, 15) is 0 Å². The number of nitrogen functional groups attached to an aromatic ring is 1. The van der Waals surface area contributed by atoms with Crippen LogP contribution >= 0.6 is 0 Å². The number of hydrazine groups is 1. The van der Waals surface area contributed by atoms with Gasteiger partial charge in [-0.05, 0) is 26.0 Å². The molecule has 6 heteroatoms. The van der Waals surface area contributed by atoms with Gasteiger partial charge in [0.05, 0.1) is 23.1 Å². The summed E-state index contributed by atoms with van der Waals surface area (Å²) in [5, 5.41) is 0.892. The van der Waals surface area contributed by atoms with Gasteiger partial charge < -0.3 is 9.47 Å². The second-order valence-electron chi connectivity index (χ2n) is 5.48. The molecule has 0 aliphatic carbocycles. The molecule has 21 heavy (non-hydrogen) atoms. The number of hydrogen-bond acceptors (Lipinski definition) is 6. The predicted molar refractivity (Wildman–Crippen MR) is 81.0 cm³/mol. The molecule has 0 saturated carbocycles. The molecular formula is C15H20N4O2. The molecule has 3 rings (SSSR count). The molecule has 2 atom stereocenters. The van der Waals surface area contributed by atoms with Crippen molar-refractivity contribution in [2.45, 2.75) is 45.0 Å². The molecule has 1 aliphatic heterocycles. The van der Waals surface area contributed by atoms with Crippen LogP contribution in [0.5, 0.6) is 5.88 Å². The number of fused-ring (bicyclic) bond motifs is 1. The molecule has 1 aromatic heterocycles. The van der Waals surface area contributed by atoms with E-state index in [-0.39, 0.29) is 18.3 Å². The van der Waals surface area contributed by atoms with Crippen LogP contribution in [0.3, 0.4) is 0 Å². The second-order valence-corrected chi connectivity index (χ2v) is 5.48. The molecule has 0 amide bonds. The summed E-state index contributed by atoms with van der Waals surface area (Å²) in [5.41, 5.74) is 3.30. The van der Waals surface area contributed by atoms with Gasteiger partial charge in [0.2, 0.25) is 11.8 Å². The topological polar surface area (TPSA) is 82.3 Å². The van der Waals surface area contributed by atoms with Gasteiger partial charge in [-0.1, -0.05) is 12.1 Å². The summed E-state index contributed by atoms with van der Waals surface area (Å²) in [6, 6.07) is 7.75. The molecule has 2 unspecified atom stereocenters. The third kappa shape index (κ3) is 3.06. The van der Waals surface area contributed by atoms with E-state index in [1.807, 2.05) is 24.3 Å². The number of rotatable bonds is 3. The number of nitrogens with zero attached hydrogens (tertiary/aromatic N) is 2. The van der Waals surface area contributed by atoms with Gasteiger partial charge >= 0.3 is 0 Å². The molecule has 3 N–H and O–H groups in total. The molecule has 0 radical (unpaired) electrons. The number of benzene rings is 1. The summed E-state index contributed by atoms with van der Waals surface area (Å²) in [6.45, 7) is 4.13. The van der Waals surface area contributed by atoms with Crippen molar-refractivity contribution in [2.75, 3.05) is 5.43 Å². The number of nitrogens with two attached hydrogens (primary N) is 1. The van der Waals surface area contributed by atoms with Crippen molar-refractivity contribution in [3.8, 4) is 5.88 Å². The fourth-order valence-electron chi connectivity index (χ4n) is 2.80. The minimum absolute atomic E-state index is 0.0904. The highest BCUT2D eigenvalue weighted by Gasteiger charge is 2.26. The van der Waals surface area contributed by atoms with Gasteiger partial charge in [-0.2, -0.15) is 4.98 Å². The van der Waals surface area contributed by atoms with Crippen LogP contribution in [0.25, 0.3) is 10.9 Å². The van der Waals surface area contributed by atoms with Crippen molar-refractivity contribution in [1.82, 2.24) is 9.97 Å². The Hall–Kier alpha value is -1.92. The minimum Gasteiger partial charge on any atom is -0.474 e. The zero-order chi connectivity index (χ0) is 14.8. The van der Waals surface area contributed by atoms with Gasteiger partial charge in [0, 0.05) is 12.8 Å². The lowest BCUT2D eigenvalue weighted by atomic mass is 10.0. The monoisotopic (exact) mass is 288 g/mol. The van der Waals surface area contributed by atoms with Crippen molar-refractivity contribution in [2.24, 2.45) is 5.84 Å².